The molecule has 0 amide bonds. The van der Waals surface area contributed by atoms with Crippen molar-refractivity contribution in [2.24, 2.45) is 0 Å². The average Bonchev–Trinajstić information content (AvgIpc) is 3.43. The Labute approximate surface area is 169 Å². The number of H-pyrrole nitrogens is 2. The van der Waals surface area contributed by atoms with E-state index in [-0.39, 0.29) is 0 Å². The molecule has 0 aromatic carbocycles. The van der Waals surface area contributed by atoms with Crippen molar-refractivity contribution in [3.05, 3.63) is 67.6 Å². The van der Waals surface area contributed by atoms with Gasteiger partial charge in [0.15, 0.2) is 17.1 Å². The molecule has 9 heteroatoms. The van der Waals surface area contributed by atoms with Crippen molar-refractivity contribution < 1.29 is 0 Å². The summed E-state index contributed by atoms with van der Waals surface area (Å²) in [6, 6.07) is 9.69. The third kappa shape index (κ3) is 2.60. The van der Waals surface area contributed by atoms with E-state index in [0.717, 1.165) is 33.3 Å². The number of nitrogens with one attached hydrogen (secondary N) is 2. The van der Waals surface area contributed by atoms with Crippen LogP contribution in [-0.4, -0.2) is 45.1 Å². The molecule has 0 radical (unpaired) electrons. The molecule has 6 heterocycles. The molecule has 0 atom stereocenters. The van der Waals surface area contributed by atoms with Crippen molar-refractivity contribution in [2.75, 3.05) is 0 Å². The molecule has 0 fully saturated rings. The summed E-state index contributed by atoms with van der Waals surface area (Å²) < 4.78 is 0. The third-order valence-corrected chi connectivity index (χ3v) is 4.86. The first kappa shape index (κ1) is 16.4. The van der Waals surface area contributed by atoms with Crippen LogP contribution in [0.25, 0.3) is 56.1 Å². The molecule has 0 spiro atoms. The van der Waals surface area contributed by atoms with Crippen molar-refractivity contribution >= 4 is 22.2 Å². The van der Waals surface area contributed by atoms with Crippen LogP contribution < -0.4 is 0 Å². The Bertz CT molecular complexity index is 1490. The molecule has 0 aliphatic rings. The van der Waals surface area contributed by atoms with Gasteiger partial charge in [0.05, 0.1) is 11.1 Å². The summed E-state index contributed by atoms with van der Waals surface area (Å²) in [7, 11) is 0. The normalized spacial score (nSPS) is 11.3. The molecule has 0 aliphatic carbocycles. The van der Waals surface area contributed by atoms with Crippen LogP contribution in [0.1, 0.15) is 0 Å². The summed E-state index contributed by atoms with van der Waals surface area (Å²) in [5.74, 6) is 0.607. The van der Waals surface area contributed by atoms with Gasteiger partial charge in [-0.1, -0.05) is 6.07 Å². The lowest BCUT2D eigenvalue weighted by Crippen LogP contribution is -1.86. The van der Waals surface area contributed by atoms with Crippen LogP contribution in [0.2, 0.25) is 0 Å². The Kier molecular flexibility index (Phi) is 3.57. The van der Waals surface area contributed by atoms with Crippen LogP contribution in [0, 0.1) is 0 Å². The van der Waals surface area contributed by atoms with Gasteiger partial charge in [-0.05, 0) is 24.3 Å². The van der Waals surface area contributed by atoms with Gasteiger partial charge in [-0.2, -0.15) is 5.10 Å². The van der Waals surface area contributed by atoms with E-state index in [4.69, 9.17) is 4.98 Å². The molecule has 30 heavy (non-hydrogen) atoms. The zero-order valence-electron chi connectivity index (χ0n) is 15.5. The molecule has 0 aliphatic heterocycles. The summed E-state index contributed by atoms with van der Waals surface area (Å²) >= 11 is 0. The standard InChI is InChI=1S/C21H13N9/c1-2-5-24-16(3-1)14-4-6-25-20-17(14)27-21(28-20)18-15-7-12(10-26-19(15)30-29-18)13-8-22-11-23-9-13/h1-11H,(H,25,27,28)(H,26,29,30). The number of aromatic nitrogens is 9. The van der Waals surface area contributed by atoms with E-state index >= 15 is 0 Å². The van der Waals surface area contributed by atoms with E-state index in [1.807, 2.05) is 30.3 Å². The molecular formula is C21H13N9. The van der Waals surface area contributed by atoms with Crippen LogP contribution in [0.5, 0.6) is 0 Å². The van der Waals surface area contributed by atoms with Crippen molar-refractivity contribution in [3.63, 3.8) is 0 Å². The lowest BCUT2D eigenvalue weighted by atomic mass is 10.1. The average molecular weight is 391 g/mol. The highest BCUT2D eigenvalue weighted by molar-refractivity contribution is 5.95. The molecule has 9 nitrogen and oxygen atoms in total. The Morgan fingerprint density at radius 2 is 1.73 bits per heavy atom. The monoisotopic (exact) mass is 391 g/mol. The minimum Gasteiger partial charge on any atom is -0.321 e. The molecule has 6 aromatic rings. The maximum atomic E-state index is 4.79. The minimum atomic E-state index is 0.607. The third-order valence-electron chi connectivity index (χ3n) is 4.86. The number of nitrogens with zero attached hydrogens (tertiary/aromatic N) is 7. The van der Waals surface area contributed by atoms with E-state index in [2.05, 4.69) is 40.1 Å². The van der Waals surface area contributed by atoms with E-state index in [9.17, 15) is 0 Å². The van der Waals surface area contributed by atoms with Crippen molar-refractivity contribution in [1.29, 1.82) is 0 Å². The molecule has 6 aromatic heterocycles. The fourth-order valence-corrected chi connectivity index (χ4v) is 3.44. The number of imidazole rings is 1. The van der Waals surface area contributed by atoms with Gasteiger partial charge in [-0.25, -0.2) is 24.9 Å². The Balaban J connectivity index is 1.52. The molecule has 0 saturated heterocycles. The van der Waals surface area contributed by atoms with Crippen LogP contribution in [-0.2, 0) is 0 Å². The van der Waals surface area contributed by atoms with Crippen molar-refractivity contribution in [2.45, 2.75) is 0 Å². The van der Waals surface area contributed by atoms with E-state index in [1.54, 1.807) is 31.0 Å². The van der Waals surface area contributed by atoms with Crippen LogP contribution in [0.3, 0.4) is 0 Å². The van der Waals surface area contributed by atoms with Gasteiger partial charge >= 0.3 is 0 Å². The van der Waals surface area contributed by atoms with Crippen LogP contribution >= 0.6 is 0 Å². The van der Waals surface area contributed by atoms with E-state index in [1.165, 1.54) is 6.33 Å². The maximum Gasteiger partial charge on any atom is 0.161 e. The number of hydrogen-bond donors (Lipinski definition) is 2. The van der Waals surface area contributed by atoms with E-state index in [0.29, 0.717) is 22.8 Å². The first-order chi connectivity index (χ1) is 14.9. The number of pyridine rings is 3. The maximum absolute atomic E-state index is 4.79. The highest BCUT2D eigenvalue weighted by Gasteiger charge is 2.17. The Morgan fingerprint density at radius 3 is 2.60 bits per heavy atom. The largest absolute Gasteiger partial charge is 0.321 e. The molecular weight excluding hydrogens is 378 g/mol. The quantitative estimate of drug-likeness (QED) is 0.474. The first-order valence-electron chi connectivity index (χ1n) is 9.23. The molecule has 142 valence electrons. The predicted molar refractivity (Wildman–Crippen MR) is 111 cm³/mol. The van der Waals surface area contributed by atoms with Gasteiger partial charge in [0.1, 0.15) is 17.5 Å². The molecule has 0 bridgehead atoms. The topological polar surface area (TPSA) is 122 Å². The fraction of sp³-hybridized carbons (Fsp3) is 0. The predicted octanol–water partition coefficient (Wildman–Crippen LogP) is 3.42. The second-order valence-electron chi connectivity index (χ2n) is 6.68. The van der Waals surface area contributed by atoms with Gasteiger partial charge < -0.3 is 4.98 Å². The number of fused-ring (bicyclic) bond motifs is 2. The zero-order valence-corrected chi connectivity index (χ0v) is 15.5. The van der Waals surface area contributed by atoms with Gasteiger partial charge in [0, 0.05) is 47.7 Å². The number of hydrogen-bond acceptors (Lipinski definition) is 7. The summed E-state index contributed by atoms with van der Waals surface area (Å²) in [6.45, 7) is 0. The van der Waals surface area contributed by atoms with E-state index < -0.39 is 0 Å². The van der Waals surface area contributed by atoms with Crippen LogP contribution in [0.15, 0.2) is 67.6 Å². The van der Waals surface area contributed by atoms with Gasteiger partial charge in [0.2, 0.25) is 0 Å². The molecule has 2 N–H and O–H groups in total. The summed E-state index contributed by atoms with van der Waals surface area (Å²) in [4.78, 5) is 29.6. The van der Waals surface area contributed by atoms with Crippen molar-refractivity contribution in [3.8, 4) is 33.9 Å². The zero-order chi connectivity index (χ0) is 19.9. The van der Waals surface area contributed by atoms with Crippen molar-refractivity contribution in [1.82, 2.24) is 45.1 Å². The Morgan fingerprint density at radius 1 is 0.800 bits per heavy atom. The lowest BCUT2D eigenvalue weighted by molar-refractivity contribution is 1.09. The molecule has 0 saturated carbocycles. The highest BCUT2D eigenvalue weighted by atomic mass is 15.2. The summed E-state index contributed by atoms with van der Waals surface area (Å²) in [5, 5.41) is 8.26. The fourth-order valence-electron chi connectivity index (χ4n) is 3.44. The van der Waals surface area contributed by atoms with Gasteiger partial charge in [0.25, 0.3) is 0 Å². The first-order valence-corrected chi connectivity index (χ1v) is 9.23. The number of aromatic amines is 2. The lowest BCUT2D eigenvalue weighted by Gasteiger charge is -2.00. The smallest absolute Gasteiger partial charge is 0.161 e. The molecule has 6 rings (SSSR count). The van der Waals surface area contributed by atoms with Crippen LogP contribution in [0.4, 0.5) is 0 Å². The van der Waals surface area contributed by atoms with Gasteiger partial charge in [-0.15, -0.1) is 0 Å². The summed E-state index contributed by atoms with van der Waals surface area (Å²) in [5.41, 5.74) is 6.26. The SMILES string of the molecule is c1ccc(-c2ccnc3[nH]c(-c4n[nH]c5ncc(-c6cncnc6)cc45)nc23)nc1. The number of rotatable bonds is 3. The highest BCUT2D eigenvalue weighted by Crippen LogP contribution is 2.30. The van der Waals surface area contributed by atoms with Gasteiger partial charge in [-0.3, -0.25) is 10.1 Å². The second kappa shape index (κ2) is 6.52. The molecule has 0 unspecified atom stereocenters. The second-order valence-corrected chi connectivity index (χ2v) is 6.68. The Hall–Kier alpha value is -4.53. The minimum absolute atomic E-state index is 0.607. The summed E-state index contributed by atoms with van der Waals surface area (Å²) in [6.07, 6.45) is 10.3.